The van der Waals surface area contributed by atoms with Gasteiger partial charge in [0.2, 0.25) is 5.95 Å². The molecule has 35 heavy (non-hydrogen) atoms. The average molecular weight is 470 g/mol. The largest absolute Gasteiger partial charge is 0.493 e. The zero-order chi connectivity index (χ0) is 24.4. The number of anilines is 2. The van der Waals surface area contributed by atoms with Gasteiger partial charge in [-0.3, -0.25) is 14.8 Å². The third-order valence-electron chi connectivity index (χ3n) is 5.68. The summed E-state index contributed by atoms with van der Waals surface area (Å²) >= 11 is 0. The Labute approximate surface area is 201 Å². The predicted molar refractivity (Wildman–Crippen MR) is 130 cm³/mol. The molecule has 0 saturated carbocycles. The van der Waals surface area contributed by atoms with Crippen LogP contribution in [0.4, 0.5) is 11.6 Å². The van der Waals surface area contributed by atoms with Gasteiger partial charge in [-0.25, -0.2) is 4.68 Å². The smallest absolute Gasteiger partial charge is 0.255 e. The van der Waals surface area contributed by atoms with Gasteiger partial charge in [0.15, 0.2) is 17.3 Å². The summed E-state index contributed by atoms with van der Waals surface area (Å²) in [4.78, 5) is 26.4. The number of carbonyl (C=O) groups is 1. The van der Waals surface area contributed by atoms with Crippen molar-refractivity contribution in [1.29, 1.82) is 0 Å². The monoisotopic (exact) mass is 469 g/mol. The molecule has 0 radical (unpaired) electrons. The fourth-order valence-electron chi connectivity index (χ4n) is 4.03. The van der Waals surface area contributed by atoms with Crippen LogP contribution in [0.1, 0.15) is 18.5 Å². The number of nitrogens with zero attached hydrogens (tertiary/aromatic N) is 5. The Balaban J connectivity index is 1.58. The van der Waals surface area contributed by atoms with Gasteiger partial charge in [-0.2, -0.15) is 4.98 Å². The summed E-state index contributed by atoms with van der Waals surface area (Å²) in [5.74, 6) is 1.92. The molecule has 1 aromatic carbocycles. The molecule has 0 unspecified atom stereocenters. The normalized spacial score (nSPS) is 14.7. The van der Waals surface area contributed by atoms with Crippen LogP contribution in [-0.2, 0) is 4.79 Å². The molecule has 0 aliphatic carbocycles. The van der Waals surface area contributed by atoms with Gasteiger partial charge in [0, 0.05) is 29.9 Å². The molecule has 1 amide bonds. The summed E-state index contributed by atoms with van der Waals surface area (Å²) in [6, 6.07) is 12.2. The van der Waals surface area contributed by atoms with Crippen molar-refractivity contribution >= 4 is 17.5 Å². The third kappa shape index (κ3) is 4.17. The maximum atomic E-state index is 13.5. The minimum atomic E-state index is -0.521. The van der Waals surface area contributed by atoms with Gasteiger partial charge in [-0.15, -0.1) is 5.10 Å². The molecule has 10 nitrogen and oxygen atoms in total. The number of rotatable bonds is 6. The highest BCUT2D eigenvalue weighted by molar-refractivity contribution is 6.05. The van der Waals surface area contributed by atoms with Crippen LogP contribution in [0.15, 0.2) is 78.5 Å². The molecule has 0 bridgehead atoms. The van der Waals surface area contributed by atoms with E-state index >= 15 is 0 Å². The predicted octanol–water partition coefficient (Wildman–Crippen LogP) is 3.68. The number of nitrogens with one attached hydrogen (secondary N) is 2. The van der Waals surface area contributed by atoms with E-state index in [1.54, 1.807) is 61.9 Å². The fourth-order valence-corrected chi connectivity index (χ4v) is 4.03. The second-order valence-corrected chi connectivity index (χ2v) is 7.82. The van der Waals surface area contributed by atoms with Gasteiger partial charge in [-0.05, 0) is 55.0 Å². The van der Waals surface area contributed by atoms with Crippen LogP contribution in [0.2, 0.25) is 0 Å². The van der Waals surface area contributed by atoms with Gasteiger partial charge < -0.3 is 20.1 Å². The molecule has 5 rings (SSSR count). The SMILES string of the molecule is COc1ccc(-c2nc3n(n2)[C@@H](c2ccncc2)C(C(=O)Nc2cccnc2)=C(C)N3)cc1OC. The summed E-state index contributed by atoms with van der Waals surface area (Å²) in [5.41, 5.74) is 3.38. The highest BCUT2D eigenvalue weighted by Gasteiger charge is 2.34. The number of fused-ring (bicyclic) bond motifs is 1. The molecule has 1 aliphatic rings. The fraction of sp³-hybridized carbons (Fsp3) is 0.160. The molecule has 0 fully saturated rings. The third-order valence-corrected chi connectivity index (χ3v) is 5.68. The Morgan fingerprint density at radius 3 is 2.54 bits per heavy atom. The summed E-state index contributed by atoms with van der Waals surface area (Å²) in [6.07, 6.45) is 6.63. The van der Waals surface area contributed by atoms with Crippen molar-refractivity contribution in [2.45, 2.75) is 13.0 Å². The first kappa shape index (κ1) is 22.1. The lowest BCUT2D eigenvalue weighted by atomic mass is 9.96. The van der Waals surface area contributed by atoms with E-state index < -0.39 is 6.04 Å². The summed E-state index contributed by atoms with van der Waals surface area (Å²) in [5, 5.41) is 11.0. The van der Waals surface area contributed by atoms with Crippen LogP contribution < -0.4 is 20.1 Å². The van der Waals surface area contributed by atoms with Gasteiger partial charge >= 0.3 is 0 Å². The number of pyridine rings is 2. The Kier molecular flexibility index (Phi) is 5.84. The van der Waals surface area contributed by atoms with Crippen LogP contribution in [0, 0.1) is 0 Å². The number of hydrogen-bond donors (Lipinski definition) is 2. The second kappa shape index (κ2) is 9.26. The lowest BCUT2D eigenvalue weighted by Gasteiger charge is -2.28. The summed E-state index contributed by atoms with van der Waals surface area (Å²) < 4.78 is 12.5. The molecule has 4 heterocycles. The molecular formula is C25H23N7O3. The van der Waals surface area contributed by atoms with Crippen molar-refractivity contribution in [1.82, 2.24) is 24.7 Å². The standard InChI is InChI=1S/C25H23N7O3/c1-15-21(24(33)29-18-5-4-10-27-14-18)22(16-8-11-26-12-9-16)32-25(28-15)30-23(31-32)17-6-7-19(34-2)20(13-17)35-3/h4-14,22H,1-3H3,(H,29,33)(H,28,30,31)/t22-/m0/s1. The van der Waals surface area contributed by atoms with E-state index in [-0.39, 0.29) is 5.91 Å². The number of amides is 1. The average Bonchev–Trinajstić information content (AvgIpc) is 3.32. The van der Waals surface area contributed by atoms with Crippen LogP contribution in [0.25, 0.3) is 11.4 Å². The van der Waals surface area contributed by atoms with Crippen molar-refractivity contribution in [2.24, 2.45) is 0 Å². The van der Waals surface area contributed by atoms with Gasteiger partial charge in [0.1, 0.15) is 6.04 Å². The van der Waals surface area contributed by atoms with Crippen molar-refractivity contribution < 1.29 is 14.3 Å². The Morgan fingerprint density at radius 1 is 1.03 bits per heavy atom. The van der Waals surface area contributed by atoms with Crippen LogP contribution in [-0.4, -0.2) is 44.9 Å². The lowest BCUT2D eigenvalue weighted by Crippen LogP contribution is -2.31. The summed E-state index contributed by atoms with van der Waals surface area (Å²) in [7, 11) is 3.16. The lowest BCUT2D eigenvalue weighted by molar-refractivity contribution is -0.113. The highest BCUT2D eigenvalue weighted by Crippen LogP contribution is 2.38. The van der Waals surface area contributed by atoms with E-state index in [2.05, 4.69) is 20.6 Å². The molecule has 2 N–H and O–H groups in total. The highest BCUT2D eigenvalue weighted by atomic mass is 16.5. The zero-order valence-electron chi connectivity index (χ0n) is 19.4. The van der Waals surface area contributed by atoms with E-state index in [0.29, 0.717) is 40.2 Å². The molecule has 0 spiro atoms. The molecular weight excluding hydrogens is 446 g/mol. The molecule has 176 valence electrons. The Morgan fingerprint density at radius 2 is 1.83 bits per heavy atom. The number of benzene rings is 1. The number of methoxy groups -OCH3 is 2. The minimum Gasteiger partial charge on any atom is -0.493 e. The van der Waals surface area contributed by atoms with Crippen LogP contribution in [0.5, 0.6) is 11.5 Å². The molecule has 10 heteroatoms. The number of hydrogen-bond acceptors (Lipinski definition) is 8. The zero-order valence-corrected chi connectivity index (χ0v) is 19.4. The first-order valence-corrected chi connectivity index (χ1v) is 10.9. The quantitative estimate of drug-likeness (QED) is 0.439. The van der Waals surface area contributed by atoms with E-state index in [4.69, 9.17) is 19.6 Å². The molecule has 3 aromatic heterocycles. The van der Waals surface area contributed by atoms with Gasteiger partial charge in [-0.1, -0.05) is 0 Å². The van der Waals surface area contributed by atoms with Crippen LogP contribution in [0.3, 0.4) is 0 Å². The van der Waals surface area contributed by atoms with Gasteiger partial charge in [0.25, 0.3) is 5.91 Å². The van der Waals surface area contributed by atoms with Crippen molar-refractivity contribution in [3.8, 4) is 22.9 Å². The second-order valence-electron chi connectivity index (χ2n) is 7.82. The number of carbonyl (C=O) groups excluding carboxylic acids is 1. The topological polar surface area (TPSA) is 116 Å². The van der Waals surface area contributed by atoms with E-state index in [9.17, 15) is 4.79 Å². The molecule has 1 aliphatic heterocycles. The number of allylic oxidation sites excluding steroid dienone is 1. The maximum absolute atomic E-state index is 13.5. The molecule has 4 aromatic rings. The Hall–Kier alpha value is -4.73. The molecule has 1 atom stereocenters. The minimum absolute atomic E-state index is 0.265. The number of ether oxygens (including phenoxy) is 2. The first-order valence-electron chi connectivity index (χ1n) is 10.9. The summed E-state index contributed by atoms with van der Waals surface area (Å²) in [6.45, 7) is 1.85. The van der Waals surface area contributed by atoms with Crippen molar-refractivity contribution in [3.63, 3.8) is 0 Å². The van der Waals surface area contributed by atoms with E-state index in [1.165, 1.54) is 0 Å². The van der Waals surface area contributed by atoms with Crippen molar-refractivity contribution in [2.75, 3.05) is 24.9 Å². The van der Waals surface area contributed by atoms with E-state index in [1.807, 2.05) is 31.2 Å². The maximum Gasteiger partial charge on any atom is 0.255 e. The van der Waals surface area contributed by atoms with E-state index in [0.717, 1.165) is 11.1 Å². The molecule has 0 saturated heterocycles. The Bertz CT molecular complexity index is 1400. The first-order chi connectivity index (χ1) is 17.1. The van der Waals surface area contributed by atoms with Gasteiger partial charge in [0.05, 0.1) is 31.7 Å². The van der Waals surface area contributed by atoms with Crippen molar-refractivity contribution in [3.05, 3.63) is 84.1 Å². The number of aromatic nitrogens is 5. The van der Waals surface area contributed by atoms with Crippen LogP contribution >= 0.6 is 0 Å².